The Balaban J connectivity index is 2.42. The third kappa shape index (κ3) is 2.83. The van der Waals surface area contributed by atoms with E-state index in [9.17, 15) is 14.3 Å². The average Bonchev–Trinajstić information content (AvgIpc) is 2.55. The number of anilines is 1. The van der Waals surface area contributed by atoms with Crippen LogP contribution in [0.4, 0.5) is 11.4 Å². The average molecular weight is 321 g/mol. The van der Waals surface area contributed by atoms with E-state index in [1.165, 1.54) is 6.07 Å². The van der Waals surface area contributed by atoms with E-state index in [1.807, 2.05) is 24.8 Å². The number of hydrogen-bond acceptors (Lipinski definition) is 5. The molecule has 7 heteroatoms. The number of benzene rings is 1. The van der Waals surface area contributed by atoms with E-state index in [-0.39, 0.29) is 16.0 Å². The third-order valence-corrected chi connectivity index (χ3v) is 6.66. The minimum atomic E-state index is -0.918. The first-order chi connectivity index (χ1) is 10.5. The monoisotopic (exact) mass is 321 g/mol. The largest absolute Gasteiger partial charge is 0.364 e. The lowest BCUT2D eigenvalue weighted by Crippen LogP contribution is -2.53. The van der Waals surface area contributed by atoms with Gasteiger partial charge in [0.2, 0.25) is 0 Å². The fourth-order valence-electron chi connectivity index (χ4n) is 2.92. The van der Waals surface area contributed by atoms with Crippen molar-refractivity contribution in [3.63, 3.8) is 0 Å². The summed E-state index contributed by atoms with van der Waals surface area (Å²) in [6, 6.07) is 6.45. The van der Waals surface area contributed by atoms with Crippen LogP contribution >= 0.6 is 0 Å². The summed E-state index contributed by atoms with van der Waals surface area (Å²) in [7, 11) is -0.918. The van der Waals surface area contributed by atoms with E-state index in [4.69, 9.17) is 5.26 Å². The van der Waals surface area contributed by atoms with Crippen molar-refractivity contribution >= 4 is 22.2 Å². The molecule has 0 N–H and O–H groups in total. The van der Waals surface area contributed by atoms with E-state index in [0.29, 0.717) is 24.5 Å². The fraction of sp³-hybridized carbons (Fsp3) is 0.533. The zero-order valence-electron chi connectivity index (χ0n) is 12.7. The van der Waals surface area contributed by atoms with Crippen molar-refractivity contribution in [2.24, 2.45) is 0 Å². The summed E-state index contributed by atoms with van der Waals surface area (Å²) in [6.07, 6.45) is 1.55. The first-order valence-electron chi connectivity index (χ1n) is 7.29. The van der Waals surface area contributed by atoms with Gasteiger partial charge < -0.3 is 4.90 Å². The van der Waals surface area contributed by atoms with Crippen LogP contribution in [-0.2, 0) is 10.8 Å². The topological polar surface area (TPSA) is 87.2 Å². The maximum Gasteiger partial charge on any atom is 0.293 e. The van der Waals surface area contributed by atoms with E-state index < -0.39 is 15.7 Å². The smallest absolute Gasteiger partial charge is 0.293 e. The summed E-state index contributed by atoms with van der Waals surface area (Å²) in [6.45, 7) is 5.09. The van der Waals surface area contributed by atoms with Crippen molar-refractivity contribution < 1.29 is 9.13 Å². The Morgan fingerprint density at radius 3 is 2.68 bits per heavy atom. The molecule has 0 spiro atoms. The summed E-state index contributed by atoms with van der Waals surface area (Å²) in [5.41, 5.74) is 0.716. The van der Waals surface area contributed by atoms with Crippen molar-refractivity contribution in [1.82, 2.24) is 0 Å². The van der Waals surface area contributed by atoms with Crippen LogP contribution in [0.15, 0.2) is 18.2 Å². The van der Waals surface area contributed by atoms with Gasteiger partial charge in [0.25, 0.3) is 5.69 Å². The predicted molar refractivity (Wildman–Crippen MR) is 86.3 cm³/mol. The Labute approximate surface area is 132 Å². The van der Waals surface area contributed by atoms with Crippen molar-refractivity contribution in [1.29, 1.82) is 5.26 Å². The number of nitro groups is 1. The summed E-state index contributed by atoms with van der Waals surface area (Å²) >= 11 is 0. The molecule has 0 aliphatic carbocycles. The number of nitrogens with zero attached hydrogens (tertiary/aromatic N) is 3. The van der Waals surface area contributed by atoms with Gasteiger partial charge in [0.05, 0.1) is 21.3 Å². The molecule has 1 atom stereocenters. The number of nitriles is 1. The summed E-state index contributed by atoms with van der Waals surface area (Å²) in [5.74, 6) is 0.513. The molecule has 1 aliphatic rings. The van der Waals surface area contributed by atoms with Crippen molar-refractivity contribution in [2.45, 2.75) is 31.4 Å². The highest BCUT2D eigenvalue weighted by Gasteiger charge is 2.40. The van der Waals surface area contributed by atoms with Gasteiger partial charge in [0.15, 0.2) is 0 Å². The number of nitro benzene ring substituents is 1. The molecule has 1 fully saturated rings. The Morgan fingerprint density at radius 1 is 1.45 bits per heavy atom. The van der Waals surface area contributed by atoms with Gasteiger partial charge in [0.1, 0.15) is 5.69 Å². The second-order valence-electron chi connectivity index (χ2n) is 5.43. The zero-order chi connectivity index (χ0) is 16.3. The standard InChI is InChI=1S/C15H19N3O3S/c1-3-15(4-2)11-17(7-8-22(15)21)13-6-5-12(10-16)9-14(13)18(19)20/h5-6,9H,3-4,7-8,11H2,1-2H3. The van der Waals surface area contributed by atoms with Crippen LogP contribution in [0.25, 0.3) is 0 Å². The molecule has 6 nitrogen and oxygen atoms in total. The van der Waals surface area contributed by atoms with E-state index in [1.54, 1.807) is 12.1 Å². The normalized spacial score (nSPS) is 20.4. The van der Waals surface area contributed by atoms with Crippen molar-refractivity contribution in [3.05, 3.63) is 33.9 Å². The van der Waals surface area contributed by atoms with Gasteiger partial charge in [0, 0.05) is 35.7 Å². The lowest BCUT2D eigenvalue weighted by molar-refractivity contribution is -0.384. The molecule has 118 valence electrons. The molecule has 1 unspecified atom stereocenters. The lowest BCUT2D eigenvalue weighted by Gasteiger charge is -2.42. The van der Waals surface area contributed by atoms with Crippen LogP contribution in [-0.4, -0.2) is 32.7 Å². The fourth-order valence-corrected chi connectivity index (χ4v) is 4.68. The first-order valence-corrected chi connectivity index (χ1v) is 8.61. The van der Waals surface area contributed by atoms with Gasteiger partial charge in [-0.05, 0) is 25.0 Å². The van der Waals surface area contributed by atoms with Crippen LogP contribution < -0.4 is 4.90 Å². The zero-order valence-corrected chi connectivity index (χ0v) is 13.6. The van der Waals surface area contributed by atoms with Gasteiger partial charge in [-0.3, -0.25) is 14.3 Å². The molecule has 0 aromatic heterocycles. The molecule has 0 radical (unpaired) electrons. The van der Waals surface area contributed by atoms with Gasteiger partial charge in [-0.2, -0.15) is 5.26 Å². The Bertz CT molecular complexity index is 650. The van der Waals surface area contributed by atoms with Crippen LogP contribution in [0.3, 0.4) is 0 Å². The lowest BCUT2D eigenvalue weighted by atomic mass is 10.0. The van der Waals surface area contributed by atoms with Gasteiger partial charge >= 0.3 is 0 Å². The summed E-state index contributed by atoms with van der Waals surface area (Å²) < 4.78 is 12.1. The Kier molecular flexibility index (Phi) is 4.81. The molecule has 0 amide bonds. The molecule has 1 heterocycles. The maximum absolute atomic E-state index is 12.4. The van der Waals surface area contributed by atoms with Crippen molar-refractivity contribution in [2.75, 3.05) is 23.7 Å². The highest BCUT2D eigenvalue weighted by atomic mass is 32.2. The SMILES string of the molecule is CCC1(CC)CN(c2ccc(C#N)cc2[N+](=O)[O-])CCS1=O. The molecular formula is C15H19N3O3S. The highest BCUT2D eigenvalue weighted by molar-refractivity contribution is 7.86. The minimum Gasteiger partial charge on any atom is -0.364 e. The Morgan fingerprint density at radius 2 is 2.14 bits per heavy atom. The predicted octanol–water partition coefficient (Wildman–Crippen LogP) is 2.59. The highest BCUT2D eigenvalue weighted by Crippen LogP contribution is 2.35. The van der Waals surface area contributed by atoms with Gasteiger partial charge in [-0.25, -0.2) is 0 Å². The second kappa shape index (κ2) is 6.44. The summed E-state index contributed by atoms with van der Waals surface area (Å²) in [4.78, 5) is 12.8. The van der Waals surface area contributed by atoms with Gasteiger partial charge in [-0.15, -0.1) is 0 Å². The molecule has 0 bridgehead atoms. The van der Waals surface area contributed by atoms with E-state index in [2.05, 4.69) is 0 Å². The number of hydrogen-bond donors (Lipinski definition) is 0. The molecule has 22 heavy (non-hydrogen) atoms. The first kappa shape index (κ1) is 16.4. The van der Waals surface area contributed by atoms with E-state index >= 15 is 0 Å². The quantitative estimate of drug-likeness (QED) is 0.628. The van der Waals surface area contributed by atoms with Crippen LogP contribution in [0, 0.1) is 21.4 Å². The van der Waals surface area contributed by atoms with Crippen LogP contribution in [0.2, 0.25) is 0 Å². The molecule has 1 saturated heterocycles. The molecule has 1 aromatic rings. The van der Waals surface area contributed by atoms with Crippen molar-refractivity contribution in [3.8, 4) is 6.07 Å². The van der Waals surface area contributed by atoms with E-state index in [0.717, 1.165) is 12.8 Å². The second-order valence-corrected chi connectivity index (χ2v) is 7.40. The molecule has 1 aromatic carbocycles. The van der Waals surface area contributed by atoms with Crippen LogP contribution in [0.5, 0.6) is 0 Å². The summed E-state index contributed by atoms with van der Waals surface area (Å²) in [5, 5.41) is 20.2. The van der Waals surface area contributed by atoms with Crippen LogP contribution in [0.1, 0.15) is 32.3 Å². The molecule has 2 rings (SSSR count). The van der Waals surface area contributed by atoms with Gasteiger partial charge in [-0.1, -0.05) is 13.8 Å². The number of rotatable bonds is 4. The molecule has 1 aliphatic heterocycles. The molecule has 0 saturated carbocycles. The Hall–Kier alpha value is -1.94. The maximum atomic E-state index is 12.4. The minimum absolute atomic E-state index is 0.0622. The third-order valence-electron chi connectivity index (χ3n) is 4.44. The molecular weight excluding hydrogens is 302 g/mol.